The first-order valence-electron chi connectivity index (χ1n) is 4.67. The van der Waals surface area contributed by atoms with Gasteiger partial charge in [0.2, 0.25) is 11.9 Å². The fourth-order valence-corrected chi connectivity index (χ4v) is 1.72. The van der Waals surface area contributed by atoms with E-state index < -0.39 is 0 Å². The first-order chi connectivity index (χ1) is 6.72. The predicted molar refractivity (Wildman–Crippen MR) is 50.3 cm³/mol. The molecule has 0 bridgehead atoms. The lowest BCUT2D eigenvalue weighted by atomic mass is 10.3. The van der Waals surface area contributed by atoms with Gasteiger partial charge in [-0.15, -0.1) is 5.10 Å². The maximum atomic E-state index is 11.7. The van der Waals surface area contributed by atoms with Crippen molar-refractivity contribution in [2.75, 3.05) is 18.8 Å². The largest absolute Gasteiger partial charge is 0.367 e. The summed E-state index contributed by atoms with van der Waals surface area (Å²) in [6.45, 7) is 3.51. The number of likely N-dealkylation sites (N-methyl/N-ethyl adjacent to an activating group) is 1. The molecule has 1 fully saturated rings. The normalized spacial score (nSPS) is 21.9. The van der Waals surface area contributed by atoms with E-state index in [-0.39, 0.29) is 17.9 Å². The highest BCUT2D eigenvalue weighted by molar-refractivity contribution is 5.82. The molecule has 0 spiro atoms. The zero-order chi connectivity index (χ0) is 10.1. The molecular weight excluding hydrogens is 182 g/mol. The van der Waals surface area contributed by atoms with Gasteiger partial charge < -0.3 is 10.6 Å². The van der Waals surface area contributed by atoms with Crippen molar-refractivity contribution >= 4 is 11.9 Å². The average molecular weight is 195 g/mol. The van der Waals surface area contributed by atoms with E-state index >= 15 is 0 Å². The molecule has 1 amide bonds. The van der Waals surface area contributed by atoms with Gasteiger partial charge in [0.05, 0.1) is 0 Å². The number of nitrogens with two attached hydrogens (primary N) is 1. The third-order valence-electron chi connectivity index (χ3n) is 2.50. The van der Waals surface area contributed by atoms with Crippen LogP contribution in [0, 0.1) is 0 Å². The van der Waals surface area contributed by atoms with E-state index in [9.17, 15) is 4.79 Å². The molecule has 0 saturated carbocycles. The maximum absolute atomic E-state index is 11.7. The van der Waals surface area contributed by atoms with Crippen molar-refractivity contribution in [3.05, 3.63) is 6.33 Å². The number of carbonyl (C=O) groups is 1. The zero-order valence-corrected chi connectivity index (χ0v) is 8.05. The summed E-state index contributed by atoms with van der Waals surface area (Å²) in [6, 6.07) is -0.209. The van der Waals surface area contributed by atoms with Crippen LogP contribution in [0.15, 0.2) is 6.33 Å². The van der Waals surface area contributed by atoms with Gasteiger partial charge >= 0.3 is 0 Å². The molecule has 2 rings (SSSR count). The van der Waals surface area contributed by atoms with E-state index in [2.05, 4.69) is 10.1 Å². The highest BCUT2D eigenvalue weighted by atomic mass is 16.2. The molecule has 1 unspecified atom stereocenters. The average Bonchev–Trinajstić information content (AvgIpc) is 2.72. The van der Waals surface area contributed by atoms with Crippen molar-refractivity contribution in [1.82, 2.24) is 19.7 Å². The molecule has 6 heteroatoms. The second kappa shape index (κ2) is 3.28. The molecule has 1 aromatic heterocycles. The third-order valence-corrected chi connectivity index (χ3v) is 2.50. The van der Waals surface area contributed by atoms with Crippen LogP contribution in [0.4, 0.5) is 5.95 Å². The van der Waals surface area contributed by atoms with Crippen LogP contribution in [0.5, 0.6) is 0 Å². The van der Waals surface area contributed by atoms with Gasteiger partial charge in [0, 0.05) is 13.1 Å². The van der Waals surface area contributed by atoms with E-state index in [1.807, 2.05) is 11.8 Å². The molecule has 1 aliphatic rings. The van der Waals surface area contributed by atoms with E-state index in [4.69, 9.17) is 5.73 Å². The summed E-state index contributed by atoms with van der Waals surface area (Å²) in [5.41, 5.74) is 5.39. The van der Waals surface area contributed by atoms with Crippen LogP contribution in [0.1, 0.15) is 19.4 Å². The number of nitrogen functional groups attached to an aromatic ring is 1. The van der Waals surface area contributed by atoms with Crippen LogP contribution < -0.4 is 5.73 Å². The molecule has 0 aliphatic carbocycles. The summed E-state index contributed by atoms with van der Waals surface area (Å²) in [5.74, 6) is 0.324. The van der Waals surface area contributed by atoms with Crippen LogP contribution in [-0.2, 0) is 4.79 Å². The minimum atomic E-state index is -0.209. The van der Waals surface area contributed by atoms with Gasteiger partial charge in [0.25, 0.3) is 0 Å². The summed E-state index contributed by atoms with van der Waals surface area (Å²) in [5, 5.41) is 3.95. The second-order valence-corrected chi connectivity index (χ2v) is 3.31. The van der Waals surface area contributed by atoms with Crippen molar-refractivity contribution in [2.24, 2.45) is 0 Å². The molecule has 1 aliphatic heterocycles. The molecular formula is C8H13N5O. The Bertz CT molecular complexity index is 347. The third kappa shape index (κ3) is 1.32. The Kier molecular flexibility index (Phi) is 2.11. The maximum Gasteiger partial charge on any atom is 0.247 e. The molecule has 1 saturated heterocycles. The van der Waals surface area contributed by atoms with Gasteiger partial charge in [-0.2, -0.15) is 0 Å². The lowest BCUT2D eigenvalue weighted by molar-refractivity contribution is -0.130. The van der Waals surface area contributed by atoms with Crippen LogP contribution in [0.3, 0.4) is 0 Å². The number of amides is 1. The molecule has 2 N–H and O–H groups in total. The monoisotopic (exact) mass is 195 g/mol. The van der Waals surface area contributed by atoms with Gasteiger partial charge in [-0.05, 0) is 13.3 Å². The molecule has 0 radical (unpaired) electrons. The second-order valence-electron chi connectivity index (χ2n) is 3.31. The highest BCUT2D eigenvalue weighted by Gasteiger charge is 2.32. The first-order valence-corrected chi connectivity index (χ1v) is 4.67. The number of carbonyl (C=O) groups excluding carboxylic acids is 1. The SMILES string of the molecule is CCN1CCC(n2cnc(N)n2)C1=O. The van der Waals surface area contributed by atoms with Gasteiger partial charge in [0.1, 0.15) is 12.4 Å². The Balaban J connectivity index is 2.17. The molecule has 76 valence electrons. The number of rotatable bonds is 2. The highest BCUT2D eigenvalue weighted by Crippen LogP contribution is 2.21. The van der Waals surface area contributed by atoms with Crippen molar-refractivity contribution in [2.45, 2.75) is 19.4 Å². The standard InChI is InChI=1S/C8H13N5O/c1-2-12-4-3-6(7(12)14)13-5-10-8(9)11-13/h5-6H,2-4H2,1H3,(H2,9,11). The van der Waals surface area contributed by atoms with Crippen LogP contribution >= 0.6 is 0 Å². The Morgan fingerprint density at radius 3 is 3.00 bits per heavy atom. The van der Waals surface area contributed by atoms with Crippen molar-refractivity contribution in [3.8, 4) is 0 Å². The van der Waals surface area contributed by atoms with Crippen LogP contribution in [0.2, 0.25) is 0 Å². The molecule has 14 heavy (non-hydrogen) atoms. The minimum absolute atomic E-state index is 0.109. The first kappa shape index (κ1) is 8.98. The van der Waals surface area contributed by atoms with Gasteiger partial charge in [0.15, 0.2) is 0 Å². The van der Waals surface area contributed by atoms with Gasteiger partial charge in [-0.25, -0.2) is 9.67 Å². The smallest absolute Gasteiger partial charge is 0.247 e. The number of nitrogens with zero attached hydrogens (tertiary/aromatic N) is 4. The van der Waals surface area contributed by atoms with Crippen molar-refractivity contribution in [1.29, 1.82) is 0 Å². The number of hydrogen-bond donors (Lipinski definition) is 1. The van der Waals surface area contributed by atoms with E-state index in [1.165, 1.54) is 6.33 Å². The van der Waals surface area contributed by atoms with E-state index in [1.54, 1.807) is 4.68 Å². The summed E-state index contributed by atoms with van der Waals surface area (Å²) in [6.07, 6.45) is 2.30. The Morgan fingerprint density at radius 2 is 2.50 bits per heavy atom. The summed E-state index contributed by atoms with van der Waals surface area (Å²) in [7, 11) is 0. The summed E-state index contributed by atoms with van der Waals surface area (Å²) >= 11 is 0. The Morgan fingerprint density at radius 1 is 1.71 bits per heavy atom. The van der Waals surface area contributed by atoms with E-state index in [0.29, 0.717) is 0 Å². The number of hydrogen-bond acceptors (Lipinski definition) is 4. The number of anilines is 1. The minimum Gasteiger partial charge on any atom is -0.367 e. The summed E-state index contributed by atoms with van der Waals surface area (Å²) in [4.78, 5) is 17.4. The predicted octanol–water partition coefficient (Wildman–Crippen LogP) is -0.346. The fourth-order valence-electron chi connectivity index (χ4n) is 1.72. The molecule has 6 nitrogen and oxygen atoms in total. The molecule has 0 aromatic carbocycles. The lowest BCUT2D eigenvalue weighted by Crippen LogP contribution is -2.28. The molecule has 2 heterocycles. The van der Waals surface area contributed by atoms with Crippen molar-refractivity contribution < 1.29 is 4.79 Å². The Labute approximate surface area is 81.7 Å². The number of likely N-dealkylation sites (tertiary alicyclic amines) is 1. The fraction of sp³-hybridized carbons (Fsp3) is 0.625. The van der Waals surface area contributed by atoms with Crippen LogP contribution in [-0.4, -0.2) is 38.7 Å². The van der Waals surface area contributed by atoms with Crippen LogP contribution in [0.25, 0.3) is 0 Å². The number of aromatic nitrogens is 3. The topological polar surface area (TPSA) is 77.0 Å². The quantitative estimate of drug-likeness (QED) is 0.700. The van der Waals surface area contributed by atoms with Crippen molar-refractivity contribution in [3.63, 3.8) is 0 Å². The molecule has 1 atom stereocenters. The summed E-state index contributed by atoms with van der Waals surface area (Å²) < 4.78 is 1.55. The van der Waals surface area contributed by atoms with Gasteiger partial charge in [-0.1, -0.05) is 0 Å². The van der Waals surface area contributed by atoms with Gasteiger partial charge in [-0.3, -0.25) is 4.79 Å². The zero-order valence-electron chi connectivity index (χ0n) is 8.05. The molecule has 1 aromatic rings. The van der Waals surface area contributed by atoms with E-state index in [0.717, 1.165) is 19.5 Å². The Hall–Kier alpha value is -1.59. The lowest BCUT2D eigenvalue weighted by Gasteiger charge is -2.13.